The average molecular weight is 351 g/mol. The third-order valence-corrected chi connectivity index (χ3v) is 4.85. The molecule has 0 aliphatic heterocycles. The molecule has 2 N–H and O–H groups in total. The zero-order valence-corrected chi connectivity index (χ0v) is 16.7. The predicted molar refractivity (Wildman–Crippen MR) is 109 cm³/mol. The van der Waals surface area contributed by atoms with Gasteiger partial charge in [0.2, 0.25) is 0 Å². The highest BCUT2D eigenvalue weighted by Crippen LogP contribution is 2.18. The van der Waals surface area contributed by atoms with Crippen LogP contribution in [-0.4, -0.2) is 57.1 Å². The van der Waals surface area contributed by atoms with Gasteiger partial charge in [-0.1, -0.05) is 31.2 Å². The Balaban J connectivity index is 2.52. The molecule has 5 heteroatoms. The van der Waals surface area contributed by atoms with Crippen LogP contribution in [0.3, 0.4) is 0 Å². The average Bonchev–Trinajstić information content (AvgIpc) is 2.60. The number of benzene rings is 1. The van der Waals surface area contributed by atoms with Gasteiger partial charge in [0, 0.05) is 20.1 Å². The van der Waals surface area contributed by atoms with Crippen LogP contribution in [0.2, 0.25) is 0 Å². The maximum Gasteiger partial charge on any atom is 0.191 e. The molecule has 1 aromatic carbocycles. The molecule has 0 saturated heterocycles. The van der Waals surface area contributed by atoms with E-state index in [1.54, 1.807) is 0 Å². The van der Waals surface area contributed by atoms with Crippen molar-refractivity contribution in [2.45, 2.75) is 32.2 Å². The Labute approximate surface area is 152 Å². The van der Waals surface area contributed by atoms with E-state index in [0.717, 1.165) is 25.5 Å². The lowest BCUT2D eigenvalue weighted by Crippen LogP contribution is -2.42. The molecular formula is C19H34N4S. The van der Waals surface area contributed by atoms with Crippen molar-refractivity contribution in [2.75, 3.05) is 46.2 Å². The Bertz CT molecular complexity index is 471. The second-order valence-electron chi connectivity index (χ2n) is 6.15. The van der Waals surface area contributed by atoms with Crippen LogP contribution < -0.4 is 10.6 Å². The van der Waals surface area contributed by atoms with Gasteiger partial charge in [-0.3, -0.25) is 4.99 Å². The molecule has 24 heavy (non-hydrogen) atoms. The molecule has 0 aliphatic rings. The van der Waals surface area contributed by atoms with Crippen LogP contribution in [0.1, 0.15) is 36.9 Å². The molecule has 4 nitrogen and oxygen atoms in total. The number of hydrogen-bond acceptors (Lipinski definition) is 3. The highest BCUT2D eigenvalue weighted by molar-refractivity contribution is 7.98. The fourth-order valence-electron chi connectivity index (χ4n) is 2.57. The minimum absolute atomic E-state index is 0.325. The normalized spacial score (nSPS) is 13.2. The summed E-state index contributed by atoms with van der Waals surface area (Å²) >= 11 is 1.90. The van der Waals surface area contributed by atoms with Crippen LogP contribution >= 0.6 is 11.8 Å². The predicted octanol–water partition coefficient (Wildman–Crippen LogP) is 3.16. The van der Waals surface area contributed by atoms with Crippen molar-refractivity contribution in [1.82, 2.24) is 15.5 Å². The van der Waals surface area contributed by atoms with Crippen LogP contribution in [0.25, 0.3) is 0 Å². The molecule has 0 aromatic heterocycles. The van der Waals surface area contributed by atoms with Gasteiger partial charge in [0.05, 0.1) is 6.04 Å². The highest BCUT2D eigenvalue weighted by atomic mass is 32.2. The number of likely N-dealkylation sites (N-methyl/N-ethyl adjacent to an activating group) is 1. The maximum atomic E-state index is 4.33. The summed E-state index contributed by atoms with van der Waals surface area (Å²) in [4.78, 5) is 6.58. The summed E-state index contributed by atoms with van der Waals surface area (Å²) in [5.41, 5.74) is 2.71. The van der Waals surface area contributed by atoms with Gasteiger partial charge in [-0.2, -0.15) is 11.8 Å². The van der Waals surface area contributed by atoms with E-state index in [1.807, 2.05) is 18.8 Å². The summed E-state index contributed by atoms with van der Waals surface area (Å²) in [6, 6.07) is 9.26. The summed E-state index contributed by atoms with van der Waals surface area (Å²) in [5, 5.41) is 6.86. The maximum absolute atomic E-state index is 4.33. The molecule has 0 aliphatic carbocycles. The number of hydrogen-bond donors (Lipinski definition) is 2. The molecule has 0 fully saturated rings. The summed E-state index contributed by atoms with van der Waals surface area (Å²) in [7, 11) is 6.08. The zero-order chi connectivity index (χ0) is 17.8. The van der Waals surface area contributed by atoms with Crippen molar-refractivity contribution in [3.63, 3.8) is 0 Å². The monoisotopic (exact) mass is 350 g/mol. The first kappa shape index (κ1) is 20.8. The topological polar surface area (TPSA) is 39.7 Å². The molecule has 0 saturated carbocycles. The Morgan fingerprint density at radius 3 is 2.42 bits per heavy atom. The quantitative estimate of drug-likeness (QED) is 0.386. The number of aliphatic imine (C=N–C) groups is 1. The van der Waals surface area contributed by atoms with Crippen LogP contribution in [0.4, 0.5) is 0 Å². The van der Waals surface area contributed by atoms with Crippen LogP contribution in [0.5, 0.6) is 0 Å². The van der Waals surface area contributed by atoms with E-state index in [9.17, 15) is 0 Å². The Hall–Kier alpha value is -1.20. The van der Waals surface area contributed by atoms with E-state index in [-0.39, 0.29) is 0 Å². The van der Waals surface area contributed by atoms with Gasteiger partial charge < -0.3 is 15.5 Å². The van der Waals surface area contributed by atoms with Crippen LogP contribution in [0.15, 0.2) is 29.3 Å². The Morgan fingerprint density at radius 2 is 1.88 bits per heavy atom. The second-order valence-corrected chi connectivity index (χ2v) is 7.14. The van der Waals surface area contributed by atoms with Crippen molar-refractivity contribution < 1.29 is 0 Å². The van der Waals surface area contributed by atoms with Gasteiger partial charge in [0.1, 0.15) is 0 Å². The molecular weight excluding hydrogens is 316 g/mol. The van der Waals surface area contributed by atoms with Gasteiger partial charge in [0.15, 0.2) is 5.96 Å². The first-order valence-electron chi connectivity index (χ1n) is 8.81. The van der Waals surface area contributed by atoms with E-state index in [0.29, 0.717) is 6.04 Å². The number of thioether (sulfide) groups is 1. The molecule has 1 unspecified atom stereocenters. The first-order valence-corrected chi connectivity index (χ1v) is 10.2. The zero-order valence-electron chi connectivity index (χ0n) is 15.9. The molecule has 0 amide bonds. The van der Waals surface area contributed by atoms with Crippen molar-refractivity contribution in [3.05, 3.63) is 35.4 Å². The smallest absolute Gasteiger partial charge is 0.191 e. The Morgan fingerprint density at radius 1 is 1.17 bits per heavy atom. The van der Waals surface area contributed by atoms with Crippen molar-refractivity contribution in [2.24, 2.45) is 4.99 Å². The number of nitrogens with zero attached hydrogens (tertiary/aromatic N) is 2. The van der Waals surface area contributed by atoms with E-state index < -0.39 is 0 Å². The lowest BCUT2D eigenvalue weighted by molar-refractivity contribution is 0.298. The number of rotatable bonds is 10. The van der Waals surface area contributed by atoms with Crippen LogP contribution in [-0.2, 0) is 6.42 Å². The Kier molecular flexibility index (Phi) is 10.6. The SMILES string of the molecule is CCc1ccc(C(CNC(=NC)NCCCCSC)N(C)C)cc1. The standard InChI is InChI=1S/C19H34N4S/c1-6-16-9-11-17(12-10-16)18(23(3)4)15-22-19(20-2)21-13-7-8-14-24-5/h9-12,18H,6-8,13-15H2,1-5H3,(H2,20,21,22). The van der Waals surface area contributed by atoms with Gasteiger partial charge >= 0.3 is 0 Å². The summed E-state index contributed by atoms with van der Waals surface area (Å²) in [6.45, 7) is 4.00. The summed E-state index contributed by atoms with van der Waals surface area (Å²) in [5.74, 6) is 2.11. The van der Waals surface area contributed by atoms with Gasteiger partial charge in [-0.15, -0.1) is 0 Å². The number of nitrogens with one attached hydrogen (secondary N) is 2. The van der Waals surface area contributed by atoms with E-state index in [2.05, 4.69) is 72.1 Å². The molecule has 0 spiro atoms. The van der Waals surface area contributed by atoms with Crippen molar-refractivity contribution in [1.29, 1.82) is 0 Å². The lowest BCUT2D eigenvalue weighted by atomic mass is 10.0. The lowest BCUT2D eigenvalue weighted by Gasteiger charge is -2.26. The number of guanidine groups is 1. The molecule has 0 heterocycles. The number of aryl methyl sites for hydroxylation is 1. The minimum Gasteiger partial charge on any atom is -0.356 e. The molecule has 0 bridgehead atoms. The minimum atomic E-state index is 0.325. The molecule has 0 radical (unpaired) electrons. The van der Waals surface area contributed by atoms with Crippen molar-refractivity contribution in [3.8, 4) is 0 Å². The first-order chi connectivity index (χ1) is 11.6. The van der Waals surface area contributed by atoms with Gasteiger partial charge in [-0.25, -0.2) is 0 Å². The van der Waals surface area contributed by atoms with Crippen molar-refractivity contribution >= 4 is 17.7 Å². The van der Waals surface area contributed by atoms with E-state index in [1.165, 1.54) is 29.7 Å². The highest BCUT2D eigenvalue weighted by Gasteiger charge is 2.14. The largest absolute Gasteiger partial charge is 0.356 e. The van der Waals surface area contributed by atoms with Crippen LogP contribution in [0, 0.1) is 0 Å². The fraction of sp³-hybridized carbons (Fsp3) is 0.632. The summed E-state index contributed by atoms with van der Waals surface area (Å²) < 4.78 is 0. The van der Waals surface area contributed by atoms with E-state index in [4.69, 9.17) is 0 Å². The third-order valence-electron chi connectivity index (χ3n) is 4.15. The summed E-state index contributed by atoms with van der Waals surface area (Å²) in [6.07, 6.45) is 5.66. The molecule has 136 valence electrons. The molecule has 1 atom stereocenters. The second kappa shape index (κ2) is 12.2. The molecule has 1 rings (SSSR count). The van der Waals surface area contributed by atoms with E-state index >= 15 is 0 Å². The third kappa shape index (κ3) is 7.58. The van der Waals surface area contributed by atoms with Gasteiger partial charge in [-0.05, 0) is 56.5 Å². The fourth-order valence-corrected chi connectivity index (χ4v) is 3.06. The van der Waals surface area contributed by atoms with Gasteiger partial charge in [0.25, 0.3) is 0 Å². The molecule has 1 aromatic rings. The number of unbranched alkanes of at least 4 members (excludes halogenated alkanes) is 1.